The van der Waals surface area contributed by atoms with Gasteiger partial charge in [-0.15, -0.1) is 0 Å². The second-order valence-electron chi connectivity index (χ2n) is 5.34. The van der Waals surface area contributed by atoms with Gasteiger partial charge in [0.1, 0.15) is 10.9 Å². The summed E-state index contributed by atoms with van der Waals surface area (Å²) >= 11 is 6.72. The van der Waals surface area contributed by atoms with E-state index in [2.05, 4.69) is 15.6 Å². The number of thioether (sulfide) groups is 1. The highest BCUT2D eigenvalue weighted by Gasteiger charge is 2.32. The number of anilines is 1. The largest absolute Gasteiger partial charge is 0.326 e. The van der Waals surface area contributed by atoms with Gasteiger partial charge in [0.05, 0.1) is 0 Å². The normalized spacial score (nSPS) is 18.0. The van der Waals surface area contributed by atoms with Crippen LogP contribution in [0.4, 0.5) is 20.2 Å². The Bertz CT molecular complexity index is 870. The van der Waals surface area contributed by atoms with E-state index < -0.39 is 28.5 Å². The van der Waals surface area contributed by atoms with Crippen molar-refractivity contribution in [3.05, 3.63) is 59.1 Å². The number of para-hydroxylation sites is 1. The molecule has 2 aromatic rings. The van der Waals surface area contributed by atoms with Crippen LogP contribution in [0.3, 0.4) is 0 Å². The van der Waals surface area contributed by atoms with E-state index in [1.807, 2.05) is 0 Å². The first-order valence-electron chi connectivity index (χ1n) is 7.48. The van der Waals surface area contributed by atoms with Crippen molar-refractivity contribution in [2.75, 3.05) is 5.32 Å². The molecule has 134 valence electrons. The molecule has 5 nitrogen and oxygen atoms in total. The fourth-order valence-electron chi connectivity index (χ4n) is 2.20. The predicted octanol–water partition coefficient (Wildman–Crippen LogP) is 3.87. The number of nitrogens with zero attached hydrogens (tertiary/aromatic N) is 1. The third-order valence-corrected chi connectivity index (χ3v) is 4.76. The maximum Gasteiger partial charge on any atom is 0.240 e. The number of benzene rings is 2. The summed E-state index contributed by atoms with van der Waals surface area (Å²) in [5.41, 5.74) is 0.0617. The Hall–Kier alpha value is -2.45. The van der Waals surface area contributed by atoms with E-state index in [9.17, 15) is 18.4 Å². The number of aliphatic imine (C=N–C) groups is 1. The minimum atomic E-state index is -0.837. The van der Waals surface area contributed by atoms with E-state index in [4.69, 9.17) is 11.6 Å². The molecule has 0 spiro atoms. The SMILES string of the molecule is O=C(CC1SC(=Nc2c(F)cccc2F)NC1=O)Nc1ccc(Cl)cc1. The third kappa shape index (κ3) is 4.39. The van der Waals surface area contributed by atoms with Gasteiger partial charge in [0.15, 0.2) is 16.8 Å². The highest BCUT2D eigenvalue weighted by atomic mass is 35.5. The lowest BCUT2D eigenvalue weighted by Gasteiger charge is -2.07. The Labute approximate surface area is 156 Å². The van der Waals surface area contributed by atoms with Gasteiger partial charge in [-0.05, 0) is 36.4 Å². The molecular weight excluding hydrogens is 384 g/mol. The maximum absolute atomic E-state index is 13.6. The van der Waals surface area contributed by atoms with E-state index in [1.165, 1.54) is 6.07 Å². The number of nitrogens with one attached hydrogen (secondary N) is 2. The van der Waals surface area contributed by atoms with Gasteiger partial charge < -0.3 is 10.6 Å². The molecule has 1 unspecified atom stereocenters. The predicted molar refractivity (Wildman–Crippen MR) is 97.7 cm³/mol. The molecule has 1 aliphatic rings. The molecule has 2 N–H and O–H groups in total. The average molecular weight is 396 g/mol. The Morgan fingerprint density at radius 1 is 1.19 bits per heavy atom. The van der Waals surface area contributed by atoms with Crippen LogP contribution in [0.2, 0.25) is 5.02 Å². The van der Waals surface area contributed by atoms with E-state index in [0.717, 1.165) is 23.9 Å². The number of rotatable bonds is 4. The third-order valence-electron chi connectivity index (χ3n) is 3.43. The molecule has 2 amide bonds. The zero-order valence-electron chi connectivity index (χ0n) is 13.1. The number of amides is 2. The van der Waals surface area contributed by atoms with E-state index in [-0.39, 0.29) is 17.5 Å². The molecule has 1 atom stereocenters. The topological polar surface area (TPSA) is 70.6 Å². The summed E-state index contributed by atoms with van der Waals surface area (Å²) in [6.07, 6.45) is -0.113. The number of carbonyl (C=O) groups excluding carboxylic acids is 2. The summed E-state index contributed by atoms with van der Waals surface area (Å²) in [7, 11) is 0. The molecule has 0 bridgehead atoms. The Morgan fingerprint density at radius 2 is 1.85 bits per heavy atom. The van der Waals surface area contributed by atoms with Crippen molar-refractivity contribution in [3.8, 4) is 0 Å². The van der Waals surface area contributed by atoms with Gasteiger partial charge in [0, 0.05) is 17.1 Å². The van der Waals surface area contributed by atoms with Crippen LogP contribution < -0.4 is 10.6 Å². The van der Waals surface area contributed by atoms with Crippen molar-refractivity contribution < 1.29 is 18.4 Å². The molecule has 3 rings (SSSR count). The number of amidine groups is 1. The minimum absolute atomic E-state index is 0.0447. The van der Waals surface area contributed by atoms with E-state index in [0.29, 0.717) is 10.7 Å². The van der Waals surface area contributed by atoms with Crippen LogP contribution in [0.5, 0.6) is 0 Å². The molecule has 1 fully saturated rings. The molecule has 1 aliphatic heterocycles. The zero-order chi connectivity index (χ0) is 18.7. The molecule has 9 heteroatoms. The van der Waals surface area contributed by atoms with Gasteiger partial charge in [-0.2, -0.15) is 0 Å². The van der Waals surface area contributed by atoms with Crippen molar-refractivity contribution in [1.29, 1.82) is 0 Å². The van der Waals surface area contributed by atoms with Crippen LogP contribution in [0.25, 0.3) is 0 Å². The average Bonchev–Trinajstić information content (AvgIpc) is 2.93. The van der Waals surface area contributed by atoms with E-state index >= 15 is 0 Å². The van der Waals surface area contributed by atoms with E-state index in [1.54, 1.807) is 24.3 Å². The Balaban J connectivity index is 1.65. The minimum Gasteiger partial charge on any atom is -0.326 e. The molecule has 1 saturated heterocycles. The smallest absolute Gasteiger partial charge is 0.240 e. The van der Waals surface area contributed by atoms with Crippen LogP contribution in [0, 0.1) is 11.6 Å². The molecule has 26 heavy (non-hydrogen) atoms. The Kier molecular flexibility index (Phi) is 5.53. The van der Waals surface area contributed by atoms with Crippen molar-refractivity contribution in [3.63, 3.8) is 0 Å². The summed E-state index contributed by atoms with van der Waals surface area (Å²) in [4.78, 5) is 27.9. The second kappa shape index (κ2) is 7.84. The molecule has 0 saturated carbocycles. The number of hydrogen-bond acceptors (Lipinski definition) is 4. The number of carbonyl (C=O) groups is 2. The van der Waals surface area contributed by atoms with Crippen LogP contribution >= 0.6 is 23.4 Å². The molecule has 0 aromatic heterocycles. The van der Waals surface area contributed by atoms with Crippen LogP contribution in [0.15, 0.2) is 47.5 Å². The van der Waals surface area contributed by atoms with Gasteiger partial charge in [-0.3, -0.25) is 9.59 Å². The van der Waals surface area contributed by atoms with Crippen molar-refractivity contribution in [2.24, 2.45) is 4.99 Å². The quantitative estimate of drug-likeness (QED) is 0.825. The summed E-state index contributed by atoms with van der Waals surface area (Å²) in [5.74, 6) is -2.50. The van der Waals surface area contributed by atoms with Crippen LogP contribution in [0.1, 0.15) is 6.42 Å². The lowest BCUT2D eigenvalue weighted by atomic mass is 10.2. The van der Waals surface area contributed by atoms with Crippen molar-refractivity contribution in [2.45, 2.75) is 11.7 Å². The number of halogens is 3. The first-order chi connectivity index (χ1) is 12.4. The van der Waals surface area contributed by atoms with Gasteiger partial charge >= 0.3 is 0 Å². The second-order valence-corrected chi connectivity index (χ2v) is 6.97. The maximum atomic E-state index is 13.6. The van der Waals surface area contributed by atoms with Crippen LogP contribution in [-0.2, 0) is 9.59 Å². The highest BCUT2D eigenvalue weighted by Crippen LogP contribution is 2.28. The molecule has 1 heterocycles. The van der Waals surface area contributed by atoms with Crippen molar-refractivity contribution in [1.82, 2.24) is 5.32 Å². The summed E-state index contributed by atoms with van der Waals surface area (Å²) in [6, 6.07) is 9.89. The van der Waals surface area contributed by atoms with Gasteiger partial charge in [-0.1, -0.05) is 29.4 Å². The van der Waals surface area contributed by atoms with Crippen LogP contribution in [-0.4, -0.2) is 22.2 Å². The fourth-order valence-corrected chi connectivity index (χ4v) is 3.30. The standard InChI is InChI=1S/C17H12ClF2N3O2S/c18-9-4-6-10(7-5-9)21-14(24)8-13-16(25)23-17(26-13)22-15-11(19)2-1-3-12(15)20/h1-7,13H,8H2,(H,21,24)(H,22,23,25). The van der Waals surface area contributed by atoms with Gasteiger partial charge in [-0.25, -0.2) is 13.8 Å². The first-order valence-corrected chi connectivity index (χ1v) is 8.74. The monoisotopic (exact) mass is 395 g/mol. The fraction of sp³-hybridized carbons (Fsp3) is 0.118. The molecule has 0 radical (unpaired) electrons. The van der Waals surface area contributed by atoms with Crippen molar-refractivity contribution >= 4 is 51.7 Å². The van der Waals surface area contributed by atoms with Gasteiger partial charge in [0.25, 0.3) is 0 Å². The molecule has 2 aromatic carbocycles. The summed E-state index contributed by atoms with van der Waals surface area (Å²) < 4.78 is 27.3. The lowest BCUT2D eigenvalue weighted by Crippen LogP contribution is -2.28. The summed E-state index contributed by atoms with van der Waals surface area (Å²) in [5, 5.41) is 4.92. The first kappa shape index (κ1) is 18.3. The summed E-state index contributed by atoms with van der Waals surface area (Å²) in [6.45, 7) is 0. The van der Waals surface area contributed by atoms with Gasteiger partial charge in [0.2, 0.25) is 11.8 Å². The zero-order valence-corrected chi connectivity index (χ0v) is 14.7. The molecule has 0 aliphatic carbocycles. The number of hydrogen-bond donors (Lipinski definition) is 2. The molecular formula is C17H12ClF2N3O2S. The highest BCUT2D eigenvalue weighted by molar-refractivity contribution is 8.15. The lowest BCUT2D eigenvalue weighted by molar-refractivity contribution is -0.122. The Morgan fingerprint density at radius 3 is 2.50 bits per heavy atom.